The van der Waals surface area contributed by atoms with Crippen molar-refractivity contribution in [3.05, 3.63) is 60.2 Å². The van der Waals surface area contributed by atoms with Gasteiger partial charge in [0.25, 0.3) is 0 Å². The van der Waals surface area contributed by atoms with Crippen LogP contribution in [0.5, 0.6) is 0 Å². The Bertz CT molecular complexity index is 956. The first kappa shape index (κ1) is 21.3. The highest BCUT2D eigenvalue weighted by Crippen LogP contribution is 2.41. The van der Waals surface area contributed by atoms with Crippen LogP contribution in [0.1, 0.15) is 32.3 Å². The van der Waals surface area contributed by atoms with Crippen molar-refractivity contribution in [2.24, 2.45) is 11.3 Å². The minimum Gasteiger partial charge on any atom is -0.481 e. The van der Waals surface area contributed by atoms with E-state index in [0.29, 0.717) is 23.6 Å². The fraction of sp³-hybridized carbons (Fsp3) is 0.318. The highest BCUT2D eigenvalue weighted by molar-refractivity contribution is 7.97. The summed E-state index contributed by atoms with van der Waals surface area (Å²) in [6.07, 6.45) is 1.03. The predicted molar refractivity (Wildman–Crippen MR) is 116 cm³/mol. The smallest absolute Gasteiger partial charge is 0.325 e. The SMILES string of the molecule is CCC(C(=O)O)C(CC)(Cc1ccccc1)C(=O)OSc1nc2ccccc2s1. The molecule has 0 saturated carbocycles. The van der Waals surface area contributed by atoms with Gasteiger partial charge in [0, 0.05) is 0 Å². The van der Waals surface area contributed by atoms with Gasteiger partial charge in [-0.3, -0.25) is 9.59 Å². The summed E-state index contributed by atoms with van der Waals surface area (Å²) in [5.74, 6) is -2.33. The van der Waals surface area contributed by atoms with Gasteiger partial charge in [0.1, 0.15) is 12.0 Å². The first-order valence-electron chi connectivity index (χ1n) is 9.51. The average molecular weight is 430 g/mol. The van der Waals surface area contributed by atoms with Crippen LogP contribution in [0, 0.1) is 11.3 Å². The maximum absolute atomic E-state index is 13.3. The van der Waals surface area contributed by atoms with E-state index >= 15 is 0 Å². The summed E-state index contributed by atoms with van der Waals surface area (Å²) in [5, 5.41) is 9.82. The number of nitrogens with zero attached hydrogens (tertiary/aromatic N) is 1. The topological polar surface area (TPSA) is 76.5 Å². The van der Waals surface area contributed by atoms with Crippen molar-refractivity contribution in [3.63, 3.8) is 0 Å². The molecule has 3 rings (SSSR count). The second-order valence-electron chi connectivity index (χ2n) is 6.87. The summed E-state index contributed by atoms with van der Waals surface area (Å²) in [6.45, 7) is 3.64. The Morgan fingerprint density at radius 1 is 1.14 bits per heavy atom. The molecule has 2 atom stereocenters. The first-order chi connectivity index (χ1) is 14.0. The van der Waals surface area contributed by atoms with Crippen LogP contribution in [0.15, 0.2) is 58.9 Å². The van der Waals surface area contributed by atoms with Gasteiger partial charge in [-0.25, -0.2) is 4.98 Å². The summed E-state index contributed by atoms with van der Waals surface area (Å²) < 4.78 is 7.21. The third-order valence-corrected chi connectivity index (χ3v) is 6.99. The van der Waals surface area contributed by atoms with E-state index in [0.717, 1.165) is 27.8 Å². The predicted octanol–water partition coefficient (Wildman–Crippen LogP) is 5.60. The van der Waals surface area contributed by atoms with Gasteiger partial charge in [-0.15, -0.1) is 11.3 Å². The van der Waals surface area contributed by atoms with E-state index < -0.39 is 23.3 Å². The number of aromatic nitrogens is 1. The molecule has 29 heavy (non-hydrogen) atoms. The van der Waals surface area contributed by atoms with Crippen molar-refractivity contribution in [2.45, 2.75) is 37.4 Å². The lowest BCUT2D eigenvalue weighted by Crippen LogP contribution is -2.44. The third-order valence-electron chi connectivity index (χ3n) is 5.24. The first-order valence-corrected chi connectivity index (χ1v) is 11.1. The minimum atomic E-state index is -1.15. The highest BCUT2D eigenvalue weighted by atomic mass is 32.2. The standard InChI is InChI=1S/C22H23NO4S2/c1-3-16(19(24)25)22(4-2,14-15-10-6-5-7-11-15)20(26)27-29-21-23-17-12-8-9-13-18(17)28-21/h5-13,16H,3-4,14H2,1-2H3,(H,24,25). The van der Waals surface area contributed by atoms with Crippen molar-refractivity contribution in [1.82, 2.24) is 4.98 Å². The zero-order chi connectivity index (χ0) is 20.9. The molecule has 7 heteroatoms. The van der Waals surface area contributed by atoms with Crippen LogP contribution in [0.2, 0.25) is 0 Å². The highest BCUT2D eigenvalue weighted by Gasteiger charge is 2.48. The molecule has 2 aromatic carbocycles. The Kier molecular flexibility index (Phi) is 6.92. The number of thiazole rings is 1. The fourth-order valence-electron chi connectivity index (χ4n) is 3.66. The van der Waals surface area contributed by atoms with Gasteiger partial charge >= 0.3 is 11.9 Å². The van der Waals surface area contributed by atoms with Crippen LogP contribution in [0.25, 0.3) is 10.2 Å². The van der Waals surface area contributed by atoms with E-state index in [1.54, 1.807) is 6.92 Å². The number of para-hydroxylation sites is 1. The lowest BCUT2D eigenvalue weighted by atomic mass is 9.68. The molecule has 1 N–H and O–H groups in total. The molecule has 0 amide bonds. The Morgan fingerprint density at radius 3 is 2.45 bits per heavy atom. The molecule has 0 bridgehead atoms. The lowest BCUT2D eigenvalue weighted by Gasteiger charge is -2.35. The zero-order valence-electron chi connectivity index (χ0n) is 16.3. The summed E-state index contributed by atoms with van der Waals surface area (Å²) >= 11 is 2.35. The molecule has 0 spiro atoms. The zero-order valence-corrected chi connectivity index (χ0v) is 18.0. The van der Waals surface area contributed by atoms with Gasteiger partial charge in [-0.2, -0.15) is 0 Å². The number of carbonyl (C=O) groups excluding carboxylic acids is 1. The molecule has 3 aromatic rings. The molecule has 1 heterocycles. The van der Waals surface area contributed by atoms with E-state index in [-0.39, 0.29) is 0 Å². The van der Waals surface area contributed by atoms with E-state index in [1.165, 1.54) is 11.3 Å². The van der Waals surface area contributed by atoms with Gasteiger partial charge in [0.2, 0.25) is 0 Å². The number of carbonyl (C=O) groups is 2. The monoisotopic (exact) mass is 429 g/mol. The van der Waals surface area contributed by atoms with Crippen molar-refractivity contribution in [3.8, 4) is 0 Å². The molecule has 0 aliphatic carbocycles. The average Bonchev–Trinajstić information content (AvgIpc) is 3.15. The van der Waals surface area contributed by atoms with Gasteiger partial charge in [-0.1, -0.05) is 56.3 Å². The Labute approximate surface area is 178 Å². The van der Waals surface area contributed by atoms with Crippen LogP contribution >= 0.6 is 23.4 Å². The van der Waals surface area contributed by atoms with Crippen molar-refractivity contribution in [1.29, 1.82) is 0 Å². The van der Waals surface area contributed by atoms with Crippen LogP contribution in [-0.2, 0) is 20.2 Å². The van der Waals surface area contributed by atoms with Crippen LogP contribution in [0.3, 0.4) is 0 Å². The second-order valence-corrected chi connectivity index (χ2v) is 8.88. The second kappa shape index (κ2) is 9.41. The number of aliphatic carboxylic acids is 1. The van der Waals surface area contributed by atoms with Crippen LogP contribution < -0.4 is 0 Å². The normalized spacial score (nSPS) is 14.3. The summed E-state index contributed by atoms with van der Waals surface area (Å²) in [5.41, 5.74) is 0.612. The fourth-order valence-corrected chi connectivity index (χ4v) is 5.31. The molecule has 0 aliphatic rings. The molecule has 152 valence electrons. The molecule has 0 saturated heterocycles. The summed E-state index contributed by atoms with van der Waals surface area (Å²) in [7, 11) is 0. The van der Waals surface area contributed by atoms with Crippen molar-refractivity contribution < 1.29 is 18.9 Å². The molecule has 1 aromatic heterocycles. The molecular formula is C22H23NO4S2. The maximum atomic E-state index is 13.3. The molecule has 0 fully saturated rings. The van der Waals surface area contributed by atoms with Crippen LogP contribution in [-0.4, -0.2) is 22.0 Å². The van der Waals surface area contributed by atoms with E-state index in [2.05, 4.69) is 4.98 Å². The van der Waals surface area contributed by atoms with E-state index in [4.69, 9.17) is 4.18 Å². The molecule has 2 unspecified atom stereocenters. The largest absolute Gasteiger partial charge is 0.481 e. The quantitative estimate of drug-likeness (QED) is 0.446. The maximum Gasteiger partial charge on any atom is 0.325 e. The number of hydrogen-bond donors (Lipinski definition) is 1. The minimum absolute atomic E-state index is 0.314. The number of rotatable bonds is 9. The van der Waals surface area contributed by atoms with Crippen molar-refractivity contribution in [2.75, 3.05) is 0 Å². The number of hydrogen-bond acceptors (Lipinski definition) is 6. The molecule has 5 nitrogen and oxygen atoms in total. The van der Waals surface area contributed by atoms with E-state index in [1.807, 2.05) is 61.5 Å². The Balaban J connectivity index is 1.86. The molecule has 0 radical (unpaired) electrons. The number of benzene rings is 2. The molecule has 0 aliphatic heterocycles. The van der Waals surface area contributed by atoms with Gasteiger partial charge in [-0.05, 0) is 37.0 Å². The van der Waals surface area contributed by atoms with Crippen LogP contribution in [0.4, 0.5) is 0 Å². The molecular weight excluding hydrogens is 406 g/mol. The summed E-state index contributed by atoms with van der Waals surface area (Å²) in [4.78, 5) is 29.7. The van der Waals surface area contributed by atoms with Gasteiger partial charge < -0.3 is 9.29 Å². The number of fused-ring (bicyclic) bond motifs is 1. The Hall–Kier alpha value is -2.38. The van der Waals surface area contributed by atoms with Gasteiger partial charge in [0.05, 0.1) is 21.5 Å². The number of carboxylic acid groups (broad SMARTS) is 1. The lowest BCUT2D eigenvalue weighted by molar-refractivity contribution is -0.160. The number of carboxylic acids is 1. The van der Waals surface area contributed by atoms with E-state index in [9.17, 15) is 14.7 Å². The third kappa shape index (κ3) is 4.62. The summed E-state index contributed by atoms with van der Waals surface area (Å²) in [6, 6.07) is 17.2. The van der Waals surface area contributed by atoms with Gasteiger partial charge in [0.15, 0.2) is 4.34 Å². The van der Waals surface area contributed by atoms with Crippen molar-refractivity contribution >= 4 is 45.5 Å². The Morgan fingerprint density at radius 2 is 1.83 bits per heavy atom.